The van der Waals surface area contributed by atoms with Gasteiger partial charge in [0.25, 0.3) is 5.70 Å². The largest absolute Gasteiger partial charge is 0.280 e. The minimum Gasteiger partial charge on any atom is -0.0796 e. The van der Waals surface area contributed by atoms with E-state index in [9.17, 15) is 0 Å². The van der Waals surface area contributed by atoms with E-state index < -0.39 is 0 Å². The molecule has 0 aromatic rings. The van der Waals surface area contributed by atoms with Crippen molar-refractivity contribution in [1.82, 2.24) is 4.99 Å². The Bertz CT molecular complexity index is 241. The van der Waals surface area contributed by atoms with Crippen LogP contribution in [-0.2, 0) is 0 Å². The summed E-state index contributed by atoms with van der Waals surface area (Å²) in [6, 6.07) is 0. The molecule has 0 saturated heterocycles. The molecule has 1 heterocycles. The molecule has 0 atom stereocenters. The van der Waals surface area contributed by atoms with Gasteiger partial charge >= 0.3 is 0 Å². The van der Waals surface area contributed by atoms with Crippen LogP contribution in [0, 0.1) is 0 Å². The third kappa shape index (κ3) is 0.653. The molecular formula is C8H7N+. The minimum absolute atomic E-state index is 1.05. The Morgan fingerprint density at radius 2 is 2.33 bits per heavy atom. The molecule has 0 aromatic carbocycles. The van der Waals surface area contributed by atoms with Crippen LogP contribution in [0.1, 0.15) is 6.42 Å². The van der Waals surface area contributed by atoms with E-state index in [-0.39, 0.29) is 0 Å². The topological polar surface area (TPSA) is 14.1 Å². The summed E-state index contributed by atoms with van der Waals surface area (Å²) in [6.07, 6.45) is 11.2. The number of hydrogen-bond acceptors (Lipinski definition) is 1. The summed E-state index contributed by atoms with van der Waals surface area (Å²) >= 11 is 0. The van der Waals surface area contributed by atoms with Gasteiger partial charge in [0.05, 0.1) is 4.99 Å². The summed E-state index contributed by atoms with van der Waals surface area (Å²) < 4.78 is 0. The Hall–Kier alpha value is -1.11. The number of aliphatic imine (C=N–C) groups is 1. The highest BCUT2D eigenvalue weighted by molar-refractivity contribution is 5.78. The second-order valence-corrected chi connectivity index (χ2v) is 2.15. The van der Waals surface area contributed by atoms with Crippen molar-refractivity contribution in [3.63, 3.8) is 0 Å². The second-order valence-electron chi connectivity index (χ2n) is 2.15. The van der Waals surface area contributed by atoms with Gasteiger partial charge in [-0.2, -0.15) is 0 Å². The first-order chi connectivity index (χ1) is 4.47. The maximum Gasteiger partial charge on any atom is 0.280 e. The molecule has 43 valence electrons. The van der Waals surface area contributed by atoms with Gasteiger partial charge in [-0.3, -0.25) is 0 Å². The lowest BCUT2D eigenvalue weighted by Gasteiger charge is -1.93. The molecule has 0 saturated carbocycles. The van der Waals surface area contributed by atoms with Crippen LogP contribution in [0.25, 0.3) is 0 Å². The van der Waals surface area contributed by atoms with E-state index in [0.29, 0.717) is 0 Å². The number of nitrogens with zero attached hydrogens (tertiary/aromatic N) is 1. The summed E-state index contributed by atoms with van der Waals surface area (Å²) in [7, 11) is 0. The van der Waals surface area contributed by atoms with E-state index in [1.807, 2.05) is 12.3 Å². The van der Waals surface area contributed by atoms with Crippen LogP contribution in [0.3, 0.4) is 0 Å². The zero-order valence-corrected chi connectivity index (χ0v) is 5.04. The standard InChI is InChI=1S/C8H7N/c1-2-4-8-7(3-1)5-6-9-8/h1-2,4-6H,3H2/q+1. The molecule has 0 fully saturated rings. The molecule has 1 radical (unpaired) electrons. The summed E-state index contributed by atoms with van der Waals surface area (Å²) in [5.41, 5.74) is 2.48. The lowest BCUT2D eigenvalue weighted by Crippen LogP contribution is -1.91. The highest BCUT2D eigenvalue weighted by Crippen LogP contribution is 2.18. The first-order valence-electron chi connectivity index (χ1n) is 3.07. The van der Waals surface area contributed by atoms with E-state index in [1.54, 1.807) is 0 Å². The van der Waals surface area contributed by atoms with Crippen molar-refractivity contribution in [3.05, 3.63) is 35.6 Å². The monoisotopic (exact) mass is 117 g/mol. The van der Waals surface area contributed by atoms with Crippen molar-refractivity contribution in [2.45, 2.75) is 6.42 Å². The number of allylic oxidation sites excluding steroid dienone is 5. The Morgan fingerprint density at radius 1 is 1.33 bits per heavy atom. The lowest BCUT2D eigenvalue weighted by atomic mass is 10.1. The molecule has 9 heavy (non-hydrogen) atoms. The molecule has 0 N–H and O–H groups in total. The quantitative estimate of drug-likeness (QED) is 0.452. The average Bonchev–Trinajstić information content (AvgIpc) is 2.33. The van der Waals surface area contributed by atoms with Gasteiger partial charge < -0.3 is 0 Å². The van der Waals surface area contributed by atoms with Crippen molar-refractivity contribution in [2.24, 2.45) is 0 Å². The number of rotatable bonds is 0. The molecule has 1 nitrogen and oxygen atoms in total. The second kappa shape index (κ2) is 1.69. The van der Waals surface area contributed by atoms with Crippen molar-refractivity contribution in [2.75, 3.05) is 0 Å². The van der Waals surface area contributed by atoms with Crippen molar-refractivity contribution < 1.29 is 0 Å². The van der Waals surface area contributed by atoms with Crippen LogP contribution in [0.4, 0.5) is 0 Å². The van der Waals surface area contributed by atoms with Gasteiger partial charge in [-0.05, 0) is 6.42 Å². The highest BCUT2D eigenvalue weighted by Gasteiger charge is 2.19. The van der Waals surface area contributed by atoms with Gasteiger partial charge in [0.15, 0.2) is 0 Å². The Kier molecular flexibility index (Phi) is 0.890. The maximum atomic E-state index is 4.15. The fourth-order valence-electron chi connectivity index (χ4n) is 1.05. The van der Waals surface area contributed by atoms with E-state index in [1.165, 1.54) is 5.57 Å². The molecule has 0 amide bonds. The zero-order chi connectivity index (χ0) is 6.10. The molecule has 0 aromatic heterocycles. The summed E-state index contributed by atoms with van der Waals surface area (Å²) in [5, 5.41) is 0. The molecule has 1 aliphatic carbocycles. The minimum atomic E-state index is 1.05. The van der Waals surface area contributed by atoms with Gasteiger partial charge in [-0.15, -0.1) is 0 Å². The van der Waals surface area contributed by atoms with E-state index in [0.717, 1.165) is 12.1 Å². The molecule has 0 unspecified atom stereocenters. The number of fused-ring (bicyclic) bond motifs is 1. The van der Waals surface area contributed by atoms with Crippen molar-refractivity contribution in [1.29, 1.82) is 0 Å². The first kappa shape index (κ1) is 4.74. The number of hydrogen-bond donors (Lipinski definition) is 0. The van der Waals surface area contributed by atoms with Crippen LogP contribution in [0.15, 0.2) is 35.6 Å². The molecule has 2 aliphatic rings. The lowest BCUT2D eigenvalue weighted by molar-refractivity contribution is 1.13. The normalized spacial score (nSPS) is 21.3. The van der Waals surface area contributed by atoms with Crippen LogP contribution in [0.5, 0.6) is 0 Å². The molecule has 1 aliphatic heterocycles. The molecule has 0 bridgehead atoms. The van der Waals surface area contributed by atoms with E-state index >= 15 is 0 Å². The SMILES string of the molecule is C1=CCC2=CC=[N+]C2=C1. The molecule has 2 rings (SSSR count). The van der Waals surface area contributed by atoms with Gasteiger partial charge in [-0.1, -0.05) is 12.2 Å². The Balaban J connectivity index is 2.46. The van der Waals surface area contributed by atoms with Gasteiger partial charge in [0.2, 0.25) is 6.21 Å². The predicted molar refractivity (Wildman–Crippen MR) is 38.1 cm³/mol. The zero-order valence-electron chi connectivity index (χ0n) is 5.04. The van der Waals surface area contributed by atoms with E-state index in [2.05, 4.69) is 23.2 Å². The third-order valence-corrected chi connectivity index (χ3v) is 1.55. The third-order valence-electron chi connectivity index (χ3n) is 1.55. The summed E-state index contributed by atoms with van der Waals surface area (Å²) in [6.45, 7) is 0. The van der Waals surface area contributed by atoms with Gasteiger partial charge in [0.1, 0.15) is 0 Å². The fraction of sp³-hybridized carbons (Fsp3) is 0.125. The summed E-state index contributed by atoms with van der Waals surface area (Å²) in [4.78, 5) is 4.15. The average molecular weight is 117 g/mol. The van der Waals surface area contributed by atoms with Gasteiger partial charge in [0, 0.05) is 17.7 Å². The fourth-order valence-corrected chi connectivity index (χ4v) is 1.05. The van der Waals surface area contributed by atoms with Crippen LogP contribution >= 0.6 is 0 Å². The van der Waals surface area contributed by atoms with Crippen molar-refractivity contribution >= 4 is 6.21 Å². The van der Waals surface area contributed by atoms with Gasteiger partial charge in [-0.25, -0.2) is 0 Å². The predicted octanol–water partition coefficient (Wildman–Crippen LogP) is 1.18. The van der Waals surface area contributed by atoms with Crippen molar-refractivity contribution in [3.8, 4) is 0 Å². The smallest absolute Gasteiger partial charge is 0.0796 e. The van der Waals surface area contributed by atoms with Crippen LogP contribution in [-0.4, -0.2) is 6.21 Å². The maximum absolute atomic E-state index is 4.15. The van der Waals surface area contributed by atoms with Crippen LogP contribution in [0.2, 0.25) is 0 Å². The van der Waals surface area contributed by atoms with Crippen LogP contribution < -0.4 is 4.99 Å². The summed E-state index contributed by atoms with van der Waals surface area (Å²) in [5.74, 6) is 0. The molecular weight excluding hydrogens is 110 g/mol. The highest BCUT2D eigenvalue weighted by atomic mass is 14.8. The molecule has 1 heteroatoms. The first-order valence-corrected chi connectivity index (χ1v) is 3.07. The van der Waals surface area contributed by atoms with E-state index in [4.69, 9.17) is 0 Å². The molecule has 0 spiro atoms. The Morgan fingerprint density at radius 3 is 3.22 bits per heavy atom. The Labute approximate surface area is 54.1 Å².